The van der Waals surface area contributed by atoms with E-state index in [9.17, 15) is 0 Å². The first-order chi connectivity index (χ1) is 12.8. The number of piperidine rings is 3. The molecule has 4 heteroatoms. The molecule has 0 saturated carbocycles. The van der Waals surface area contributed by atoms with Crippen LogP contribution >= 0.6 is 0 Å². The Morgan fingerprint density at radius 1 is 1.08 bits per heavy atom. The smallest absolute Gasteiger partial charge is 0.0544 e. The molecule has 0 aliphatic carbocycles. The lowest BCUT2D eigenvalue weighted by Gasteiger charge is -2.49. The molecular formula is C22H26N4. The fourth-order valence-electron chi connectivity index (χ4n) is 4.44. The molecule has 3 fully saturated rings. The fourth-order valence-corrected chi connectivity index (χ4v) is 4.44. The Bertz CT molecular complexity index is 698. The second-order valence-corrected chi connectivity index (χ2v) is 7.52. The van der Waals surface area contributed by atoms with Crippen LogP contribution < -0.4 is 0 Å². The molecule has 2 aromatic heterocycles. The number of hydrogen-bond acceptors (Lipinski definition) is 4. The van der Waals surface area contributed by atoms with Crippen LogP contribution in [0.3, 0.4) is 0 Å². The summed E-state index contributed by atoms with van der Waals surface area (Å²) < 4.78 is 0. The molecule has 134 valence electrons. The van der Waals surface area contributed by atoms with Crippen molar-refractivity contribution >= 4 is 0 Å². The fraction of sp³-hybridized carbons (Fsp3) is 0.455. The Morgan fingerprint density at radius 2 is 1.77 bits per heavy atom. The average Bonchev–Trinajstić information content (AvgIpc) is 2.70. The van der Waals surface area contributed by atoms with Gasteiger partial charge in [0.1, 0.15) is 0 Å². The van der Waals surface area contributed by atoms with Crippen molar-refractivity contribution in [2.75, 3.05) is 19.6 Å². The van der Waals surface area contributed by atoms with Gasteiger partial charge in [-0.25, -0.2) is 0 Å². The zero-order valence-electron chi connectivity index (χ0n) is 15.2. The Morgan fingerprint density at radius 3 is 2.27 bits per heavy atom. The summed E-state index contributed by atoms with van der Waals surface area (Å²) in [5.41, 5.74) is 2.22. The van der Waals surface area contributed by atoms with Gasteiger partial charge >= 0.3 is 0 Å². The van der Waals surface area contributed by atoms with E-state index in [1.165, 1.54) is 19.4 Å². The van der Waals surface area contributed by atoms with Gasteiger partial charge in [-0.3, -0.25) is 19.8 Å². The highest BCUT2D eigenvalue weighted by Gasteiger charge is 2.39. The minimum absolute atomic E-state index is 0.444. The van der Waals surface area contributed by atoms with Gasteiger partial charge in [0.25, 0.3) is 0 Å². The van der Waals surface area contributed by atoms with Crippen LogP contribution in [-0.4, -0.2) is 45.4 Å². The first-order valence-corrected chi connectivity index (χ1v) is 9.54. The van der Waals surface area contributed by atoms with Crippen molar-refractivity contribution < 1.29 is 0 Å². The lowest BCUT2D eigenvalue weighted by molar-refractivity contribution is 0.00251. The molecule has 0 radical (unpaired) electrons. The number of terminal acetylenes is 1. The molecule has 0 N–H and O–H groups in total. The summed E-state index contributed by atoms with van der Waals surface area (Å²) in [6.45, 7) is 5.00. The average molecular weight is 346 g/mol. The van der Waals surface area contributed by atoms with E-state index < -0.39 is 0 Å². The Balaban J connectivity index is 1.47. The first kappa shape index (κ1) is 17.2. The molecule has 3 aliphatic heterocycles. The number of fused-ring (bicyclic) bond motifs is 3. The highest BCUT2D eigenvalue weighted by Crippen LogP contribution is 2.36. The van der Waals surface area contributed by atoms with E-state index >= 15 is 0 Å². The minimum Gasteiger partial charge on any atom is -0.298 e. The third kappa shape index (κ3) is 3.95. The molecule has 5 rings (SSSR count). The summed E-state index contributed by atoms with van der Waals surface area (Å²) in [4.78, 5) is 14.1. The lowest BCUT2D eigenvalue weighted by atomic mass is 9.76. The maximum absolute atomic E-state index is 5.74. The minimum atomic E-state index is 0.444. The van der Waals surface area contributed by atoms with Gasteiger partial charge in [0, 0.05) is 50.5 Å². The van der Waals surface area contributed by atoms with E-state index in [0.29, 0.717) is 17.9 Å². The Hall–Kier alpha value is -2.22. The van der Waals surface area contributed by atoms with Gasteiger partial charge in [-0.1, -0.05) is 12.1 Å². The highest BCUT2D eigenvalue weighted by atomic mass is 15.2. The SMILES string of the molecule is C#C[C@@H]1CN2CC[C@H]1C[C@@H]2CN(Cc1ccccn1)Cc1ccccn1. The van der Waals surface area contributed by atoms with Crippen LogP contribution in [0.15, 0.2) is 48.8 Å². The lowest BCUT2D eigenvalue weighted by Crippen LogP contribution is -2.56. The Labute approximate surface area is 156 Å². The van der Waals surface area contributed by atoms with Gasteiger partial charge in [0.05, 0.1) is 11.4 Å². The topological polar surface area (TPSA) is 32.3 Å². The van der Waals surface area contributed by atoms with Crippen LogP contribution in [0.2, 0.25) is 0 Å². The molecule has 4 atom stereocenters. The van der Waals surface area contributed by atoms with E-state index in [2.05, 4.69) is 50.0 Å². The van der Waals surface area contributed by atoms with E-state index in [-0.39, 0.29) is 0 Å². The first-order valence-electron chi connectivity index (χ1n) is 9.54. The molecule has 4 nitrogen and oxygen atoms in total. The second kappa shape index (κ2) is 7.99. The van der Waals surface area contributed by atoms with E-state index in [1.54, 1.807) is 0 Å². The monoisotopic (exact) mass is 346 g/mol. The Kier molecular flexibility index (Phi) is 5.29. The normalized spacial score (nSPS) is 27.4. The molecule has 26 heavy (non-hydrogen) atoms. The van der Waals surface area contributed by atoms with Crippen molar-refractivity contribution in [1.82, 2.24) is 19.8 Å². The van der Waals surface area contributed by atoms with Crippen molar-refractivity contribution in [1.29, 1.82) is 0 Å². The maximum atomic E-state index is 5.74. The molecule has 3 aliphatic rings. The number of hydrogen-bond donors (Lipinski definition) is 0. The molecule has 0 amide bonds. The summed E-state index contributed by atoms with van der Waals surface area (Å²) in [6, 6.07) is 12.9. The van der Waals surface area contributed by atoms with Gasteiger partial charge in [-0.15, -0.1) is 12.3 Å². The van der Waals surface area contributed by atoms with Crippen LogP contribution in [0.1, 0.15) is 24.2 Å². The van der Waals surface area contributed by atoms with E-state index in [4.69, 9.17) is 6.42 Å². The third-order valence-corrected chi connectivity index (χ3v) is 5.79. The summed E-state index contributed by atoms with van der Waals surface area (Å²) in [6.07, 6.45) is 12.0. The largest absolute Gasteiger partial charge is 0.298 e. The standard InChI is InChI=1S/C22H26N4/c1-2-18-14-26-12-9-19(18)13-22(26)17-25(15-20-7-3-5-10-23-20)16-21-8-4-6-11-24-21/h1,3-8,10-11,18-19,22H,9,12-17H2/t18-,19+,22-/m1/s1. The number of aromatic nitrogens is 2. The molecule has 0 spiro atoms. The number of pyridine rings is 2. The molecular weight excluding hydrogens is 320 g/mol. The van der Waals surface area contributed by atoms with Crippen LogP contribution in [0.5, 0.6) is 0 Å². The van der Waals surface area contributed by atoms with Crippen molar-refractivity contribution in [3.8, 4) is 12.3 Å². The van der Waals surface area contributed by atoms with Gasteiger partial charge in [0.15, 0.2) is 0 Å². The predicted octanol–water partition coefficient (Wildman–Crippen LogP) is 2.82. The van der Waals surface area contributed by atoms with E-state index in [0.717, 1.165) is 37.6 Å². The molecule has 5 heterocycles. The second-order valence-electron chi connectivity index (χ2n) is 7.52. The van der Waals surface area contributed by atoms with Crippen molar-refractivity contribution in [2.45, 2.75) is 32.0 Å². The molecule has 2 aromatic rings. The van der Waals surface area contributed by atoms with Crippen LogP contribution in [0, 0.1) is 24.2 Å². The summed E-state index contributed by atoms with van der Waals surface area (Å²) in [5.74, 6) is 4.15. The number of rotatable bonds is 6. The van der Waals surface area contributed by atoms with Gasteiger partial charge < -0.3 is 0 Å². The van der Waals surface area contributed by atoms with E-state index in [1.807, 2.05) is 24.5 Å². The van der Waals surface area contributed by atoms with Crippen LogP contribution in [0.4, 0.5) is 0 Å². The molecule has 2 bridgehead atoms. The highest BCUT2D eigenvalue weighted by molar-refractivity contribution is 5.08. The van der Waals surface area contributed by atoms with Crippen LogP contribution in [-0.2, 0) is 13.1 Å². The van der Waals surface area contributed by atoms with Crippen LogP contribution in [0.25, 0.3) is 0 Å². The van der Waals surface area contributed by atoms with Gasteiger partial charge in [-0.2, -0.15) is 0 Å². The third-order valence-electron chi connectivity index (χ3n) is 5.79. The number of nitrogens with zero attached hydrogens (tertiary/aromatic N) is 4. The van der Waals surface area contributed by atoms with Gasteiger partial charge in [-0.05, 0) is 49.6 Å². The molecule has 3 saturated heterocycles. The predicted molar refractivity (Wildman–Crippen MR) is 103 cm³/mol. The van der Waals surface area contributed by atoms with Crippen molar-refractivity contribution in [3.63, 3.8) is 0 Å². The molecule has 0 aromatic carbocycles. The quantitative estimate of drug-likeness (QED) is 0.753. The zero-order chi connectivity index (χ0) is 17.8. The molecule has 1 unspecified atom stereocenters. The summed E-state index contributed by atoms with van der Waals surface area (Å²) in [5, 5.41) is 0. The van der Waals surface area contributed by atoms with Crippen molar-refractivity contribution in [3.05, 3.63) is 60.2 Å². The zero-order valence-corrected chi connectivity index (χ0v) is 15.2. The maximum Gasteiger partial charge on any atom is 0.0544 e. The summed E-state index contributed by atoms with van der Waals surface area (Å²) >= 11 is 0. The van der Waals surface area contributed by atoms with Gasteiger partial charge in [0.2, 0.25) is 0 Å². The summed E-state index contributed by atoms with van der Waals surface area (Å²) in [7, 11) is 0. The van der Waals surface area contributed by atoms with Crippen molar-refractivity contribution in [2.24, 2.45) is 11.8 Å².